The zero-order valence-corrected chi connectivity index (χ0v) is 19.9. The Kier molecular flexibility index (Phi) is 8.83. The molecule has 0 aromatic heterocycles. The molecule has 0 atom stereocenters. The Bertz CT molecular complexity index is 1190. The molecule has 0 saturated heterocycles. The molecule has 0 aliphatic rings. The van der Waals surface area contributed by atoms with Crippen molar-refractivity contribution >= 4 is 29.2 Å². The van der Waals surface area contributed by atoms with Gasteiger partial charge in [0.05, 0.1) is 13.5 Å². The van der Waals surface area contributed by atoms with Crippen molar-refractivity contribution in [2.45, 2.75) is 26.7 Å². The number of carbonyl (C=O) groups excluding carboxylic acids is 3. The second-order valence-electron chi connectivity index (χ2n) is 7.78. The Morgan fingerprint density at radius 2 is 1.49 bits per heavy atom. The lowest BCUT2D eigenvalue weighted by molar-refractivity contribution is -0.147. The number of rotatable bonds is 10. The lowest BCUT2D eigenvalue weighted by Gasteiger charge is -2.11. The van der Waals surface area contributed by atoms with Crippen molar-refractivity contribution in [2.24, 2.45) is 0 Å². The van der Waals surface area contributed by atoms with Gasteiger partial charge in [0.2, 0.25) is 5.91 Å². The average molecular weight is 477 g/mol. The van der Waals surface area contributed by atoms with E-state index in [4.69, 9.17) is 14.2 Å². The van der Waals surface area contributed by atoms with Crippen molar-refractivity contribution in [2.75, 3.05) is 24.4 Å². The molecule has 3 rings (SSSR count). The van der Waals surface area contributed by atoms with Gasteiger partial charge in [-0.2, -0.15) is 0 Å². The topological polar surface area (TPSA) is 103 Å². The average Bonchev–Trinajstić information content (AvgIpc) is 2.86. The SMILES string of the molecule is COc1ccccc1Oc1ccc(NC(=O)CCC(=O)OCC(=O)Nc2cccc(C)c2C)cc1. The molecule has 0 bridgehead atoms. The summed E-state index contributed by atoms with van der Waals surface area (Å²) in [6.45, 7) is 3.43. The van der Waals surface area contributed by atoms with E-state index in [2.05, 4.69) is 10.6 Å². The predicted molar refractivity (Wildman–Crippen MR) is 133 cm³/mol. The van der Waals surface area contributed by atoms with E-state index in [0.29, 0.717) is 28.6 Å². The highest BCUT2D eigenvalue weighted by Crippen LogP contribution is 2.31. The minimum atomic E-state index is -0.628. The number of amides is 2. The van der Waals surface area contributed by atoms with Gasteiger partial charge in [-0.1, -0.05) is 24.3 Å². The highest BCUT2D eigenvalue weighted by atomic mass is 16.5. The van der Waals surface area contributed by atoms with Gasteiger partial charge in [-0.3, -0.25) is 14.4 Å². The fourth-order valence-corrected chi connectivity index (χ4v) is 3.17. The highest BCUT2D eigenvalue weighted by Gasteiger charge is 2.12. The first kappa shape index (κ1) is 25.3. The highest BCUT2D eigenvalue weighted by molar-refractivity contribution is 5.95. The van der Waals surface area contributed by atoms with Crippen LogP contribution >= 0.6 is 0 Å². The third kappa shape index (κ3) is 7.60. The number of aryl methyl sites for hydroxylation is 1. The Balaban J connectivity index is 1.39. The Morgan fingerprint density at radius 3 is 2.20 bits per heavy atom. The van der Waals surface area contributed by atoms with E-state index in [-0.39, 0.29) is 18.7 Å². The number of hydrogen-bond acceptors (Lipinski definition) is 6. The maximum Gasteiger partial charge on any atom is 0.306 e. The third-order valence-electron chi connectivity index (χ3n) is 5.23. The number of ether oxygens (including phenoxy) is 3. The van der Waals surface area contributed by atoms with Crippen LogP contribution in [0.2, 0.25) is 0 Å². The monoisotopic (exact) mass is 476 g/mol. The van der Waals surface area contributed by atoms with Crippen molar-refractivity contribution < 1.29 is 28.6 Å². The van der Waals surface area contributed by atoms with Crippen LogP contribution in [0.4, 0.5) is 11.4 Å². The molecule has 0 heterocycles. The molecule has 8 heteroatoms. The molecule has 2 amide bonds. The molecule has 182 valence electrons. The third-order valence-corrected chi connectivity index (χ3v) is 5.23. The standard InChI is InChI=1S/C27H28N2O6/c1-18-7-6-8-22(19(18)2)29-26(31)17-34-27(32)16-15-25(30)28-20-11-13-21(14-12-20)35-24-10-5-4-9-23(24)33-3/h4-14H,15-17H2,1-3H3,(H,28,30)(H,29,31). The van der Waals surface area contributed by atoms with Gasteiger partial charge in [-0.25, -0.2) is 0 Å². The van der Waals surface area contributed by atoms with Gasteiger partial charge in [0, 0.05) is 17.8 Å². The summed E-state index contributed by atoms with van der Waals surface area (Å²) in [7, 11) is 1.57. The molecular weight excluding hydrogens is 448 g/mol. The molecule has 2 N–H and O–H groups in total. The summed E-state index contributed by atoms with van der Waals surface area (Å²) in [5.41, 5.74) is 3.22. The zero-order chi connectivity index (χ0) is 25.2. The van der Waals surface area contributed by atoms with Crippen LogP contribution in [0.15, 0.2) is 66.7 Å². The first-order chi connectivity index (χ1) is 16.9. The fourth-order valence-electron chi connectivity index (χ4n) is 3.17. The number of benzene rings is 3. The second kappa shape index (κ2) is 12.2. The molecule has 8 nitrogen and oxygen atoms in total. The van der Waals surface area contributed by atoms with Crippen LogP contribution in [0.1, 0.15) is 24.0 Å². The minimum absolute atomic E-state index is 0.0725. The van der Waals surface area contributed by atoms with Crippen molar-refractivity contribution in [1.82, 2.24) is 0 Å². The van der Waals surface area contributed by atoms with Crippen LogP contribution in [0, 0.1) is 13.8 Å². The van der Waals surface area contributed by atoms with Gasteiger partial charge in [0.25, 0.3) is 5.91 Å². The van der Waals surface area contributed by atoms with Gasteiger partial charge in [0.15, 0.2) is 18.1 Å². The molecule has 0 fully saturated rings. The fraction of sp³-hybridized carbons (Fsp3) is 0.222. The number of nitrogens with one attached hydrogen (secondary N) is 2. The Labute approximate surface area is 204 Å². The maximum atomic E-state index is 12.2. The molecule has 0 spiro atoms. The summed E-state index contributed by atoms with van der Waals surface area (Å²) < 4.78 is 16.0. The second-order valence-corrected chi connectivity index (χ2v) is 7.78. The molecule has 0 aliphatic heterocycles. The maximum absolute atomic E-state index is 12.2. The molecule has 0 radical (unpaired) electrons. The van der Waals surface area contributed by atoms with Gasteiger partial charge in [0.1, 0.15) is 5.75 Å². The van der Waals surface area contributed by atoms with E-state index in [0.717, 1.165) is 11.1 Å². The summed E-state index contributed by atoms with van der Waals surface area (Å²) in [6.07, 6.45) is -0.214. The molecule has 3 aromatic carbocycles. The van der Waals surface area contributed by atoms with E-state index in [1.165, 1.54) is 0 Å². The number of carbonyl (C=O) groups is 3. The number of para-hydroxylation sites is 2. The number of esters is 1. The van der Waals surface area contributed by atoms with E-state index in [1.807, 2.05) is 38.1 Å². The van der Waals surface area contributed by atoms with Crippen LogP contribution in [-0.2, 0) is 19.1 Å². The Morgan fingerprint density at radius 1 is 0.771 bits per heavy atom. The molecule has 3 aromatic rings. The largest absolute Gasteiger partial charge is 0.493 e. The molecule has 0 aliphatic carbocycles. The van der Waals surface area contributed by atoms with Crippen molar-refractivity contribution in [3.05, 3.63) is 77.9 Å². The van der Waals surface area contributed by atoms with E-state index in [9.17, 15) is 14.4 Å². The first-order valence-corrected chi connectivity index (χ1v) is 11.1. The van der Waals surface area contributed by atoms with Crippen molar-refractivity contribution in [3.63, 3.8) is 0 Å². The summed E-state index contributed by atoms with van der Waals surface area (Å²) >= 11 is 0. The van der Waals surface area contributed by atoms with E-state index in [1.54, 1.807) is 49.6 Å². The zero-order valence-electron chi connectivity index (χ0n) is 19.9. The van der Waals surface area contributed by atoms with Crippen molar-refractivity contribution in [3.8, 4) is 17.2 Å². The Hall–Kier alpha value is -4.33. The van der Waals surface area contributed by atoms with Gasteiger partial charge >= 0.3 is 5.97 Å². The first-order valence-electron chi connectivity index (χ1n) is 11.1. The van der Waals surface area contributed by atoms with E-state index >= 15 is 0 Å². The number of methoxy groups -OCH3 is 1. The quantitative estimate of drug-likeness (QED) is 0.399. The normalized spacial score (nSPS) is 10.3. The number of hydrogen-bond donors (Lipinski definition) is 2. The summed E-state index contributed by atoms with van der Waals surface area (Å²) in [5.74, 6) is 0.353. The van der Waals surface area contributed by atoms with Gasteiger partial charge in [-0.15, -0.1) is 0 Å². The molecule has 0 unspecified atom stereocenters. The van der Waals surface area contributed by atoms with Crippen LogP contribution in [0.25, 0.3) is 0 Å². The number of anilines is 2. The van der Waals surface area contributed by atoms with Gasteiger partial charge < -0.3 is 24.8 Å². The molecule has 0 saturated carbocycles. The predicted octanol–water partition coefficient (Wildman–Crippen LogP) is 5.00. The van der Waals surface area contributed by atoms with Crippen molar-refractivity contribution in [1.29, 1.82) is 0 Å². The smallest absolute Gasteiger partial charge is 0.306 e. The van der Waals surface area contributed by atoms with Gasteiger partial charge in [-0.05, 0) is 67.4 Å². The summed E-state index contributed by atoms with van der Waals surface area (Å²) in [5, 5.41) is 5.43. The lowest BCUT2D eigenvalue weighted by Crippen LogP contribution is -2.22. The minimum Gasteiger partial charge on any atom is -0.493 e. The van der Waals surface area contributed by atoms with Crippen LogP contribution in [0.3, 0.4) is 0 Å². The van der Waals surface area contributed by atoms with E-state index < -0.39 is 18.5 Å². The van der Waals surface area contributed by atoms with Crippen LogP contribution in [0.5, 0.6) is 17.2 Å². The lowest BCUT2D eigenvalue weighted by atomic mass is 10.1. The molecule has 35 heavy (non-hydrogen) atoms. The molecular formula is C27H28N2O6. The summed E-state index contributed by atoms with van der Waals surface area (Å²) in [6, 6.07) is 19.7. The van der Waals surface area contributed by atoms with Crippen LogP contribution < -0.4 is 20.1 Å². The summed E-state index contributed by atoms with van der Waals surface area (Å²) in [4.78, 5) is 36.2. The van der Waals surface area contributed by atoms with Crippen LogP contribution in [-0.4, -0.2) is 31.5 Å².